The number of sulfone groups is 1. The van der Waals surface area contributed by atoms with Crippen molar-refractivity contribution in [1.29, 1.82) is 0 Å². The Labute approximate surface area is 113 Å². The van der Waals surface area contributed by atoms with Gasteiger partial charge in [-0.15, -0.1) is 0 Å². The molecule has 1 fully saturated rings. The van der Waals surface area contributed by atoms with Crippen molar-refractivity contribution < 1.29 is 26.7 Å². The average Bonchev–Trinajstić information content (AvgIpc) is 2.58. The summed E-state index contributed by atoms with van der Waals surface area (Å²) in [7, 11) is -6.90. The van der Waals surface area contributed by atoms with Gasteiger partial charge < -0.3 is 5.11 Å². The molecule has 19 heavy (non-hydrogen) atoms. The minimum Gasteiger partial charge on any atom is -0.481 e. The zero-order valence-corrected chi connectivity index (χ0v) is 12.3. The van der Waals surface area contributed by atoms with Gasteiger partial charge in [0.25, 0.3) is 0 Å². The van der Waals surface area contributed by atoms with Gasteiger partial charge in [-0.1, -0.05) is 0 Å². The molecular formula is C10H19NO6S2. The van der Waals surface area contributed by atoms with Crippen LogP contribution in [0.1, 0.15) is 32.6 Å². The summed E-state index contributed by atoms with van der Waals surface area (Å²) in [6, 6.07) is -0.396. The minimum absolute atomic E-state index is 0.0100. The minimum atomic E-state index is -3.66. The zero-order chi connectivity index (χ0) is 14.7. The Bertz CT molecular complexity index is 524. The van der Waals surface area contributed by atoms with Crippen molar-refractivity contribution in [2.75, 3.05) is 11.5 Å². The Kier molecular flexibility index (Phi) is 5.34. The van der Waals surface area contributed by atoms with E-state index in [9.17, 15) is 21.6 Å². The van der Waals surface area contributed by atoms with Gasteiger partial charge in [0.2, 0.25) is 10.0 Å². The molecule has 0 aliphatic carbocycles. The van der Waals surface area contributed by atoms with E-state index in [0.717, 1.165) is 0 Å². The molecule has 0 spiro atoms. The summed E-state index contributed by atoms with van der Waals surface area (Å²) in [6.07, 6.45) is 0.899. The average molecular weight is 313 g/mol. The Balaban J connectivity index is 2.48. The number of aliphatic carboxylic acids is 1. The number of carboxylic acids is 1. The Morgan fingerprint density at radius 2 is 2.11 bits per heavy atom. The van der Waals surface area contributed by atoms with Crippen LogP contribution in [-0.2, 0) is 24.7 Å². The van der Waals surface area contributed by atoms with Gasteiger partial charge in [0.05, 0.1) is 16.8 Å². The quantitative estimate of drug-likeness (QED) is 0.668. The van der Waals surface area contributed by atoms with Crippen molar-refractivity contribution in [3.63, 3.8) is 0 Å². The lowest BCUT2D eigenvalue weighted by Crippen LogP contribution is -2.40. The van der Waals surface area contributed by atoms with Crippen LogP contribution < -0.4 is 4.72 Å². The van der Waals surface area contributed by atoms with Gasteiger partial charge in [0.15, 0.2) is 9.84 Å². The standard InChI is InChI=1S/C10H19NO6S2/c1-8(3-2-4-10(12)13)11-19(16,17)9-5-6-18(14,15)7-9/h8-9,11H,2-7H2,1H3,(H,12,13). The fraction of sp³-hybridized carbons (Fsp3) is 0.900. The van der Waals surface area contributed by atoms with Crippen LogP contribution in [0.15, 0.2) is 0 Å². The normalized spacial score (nSPS) is 24.2. The van der Waals surface area contributed by atoms with Crippen LogP contribution in [0.5, 0.6) is 0 Å². The first-order chi connectivity index (χ1) is 8.62. The summed E-state index contributed by atoms with van der Waals surface area (Å²) in [4.78, 5) is 10.3. The fourth-order valence-electron chi connectivity index (χ4n) is 2.00. The molecule has 0 aromatic heterocycles. The number of hydrogen-bond acceptors (Lipinski definition) is 5. The van der Waals surface area contributed by atoms with Crippen molar-refractivity contribution >= 4 is 25.8 Å². The molecule has 112 valence electrons. The molecule has 1 heterocycles. The molecule has 0 aromatic rings. The highest BCUT2D eigenvalue weighted by atomic mass is 32.2. The second kappa shape index (κ2) is 6.19. The molecule has 1 aliphatic heterocycles. The molecule has 1 aliphatic rings. The highest BCUT2D eigenvalue weighted by Gasteiger charge is 2.37. The molecule has 2 unspecified atom stereocenters. The third kappa shape index (κ3) is 5.45. The van der Waals surface area contributed by atoms with Crippen molar-refractivity contribution in [2.24, 2.45) is 0 Å². The van der Waals surface area contributed by atoms with Gasteiger partial charge in [-0.3, -0.25) is 4.79 Å². The first kappa shape index (κ1) is 16.4. The van der Waals surface area contributed by atoms with E-state index in [1.54, 1.807) is 6.92 Å². The third-order valence-electron chi connectivity index (χ3n) is 3.02. The van der Waals surface area contributed by atoms with Crippen LogP contribution in [0.2, 0.25) is 0 Å². The number of carbonyl (C=O) groups is 1. The first-order valence-corrected chi connectivity index (χ1v) is 9.42. The van der Waals surface area contributed by atoms with Crippen molar-refractivity contribution in [2.45, 2.75) is 43.9 Å². The Morgan fingerprint density at radius 3 is 2.58 bits per heavy atom. The van der Waals surface area contributed by atoms with E-state index in [1.165, 1.54) is 0 Å². The van der Waals surface area contributed by atoms with E-state index in [0.29, 0.717) is 12.8 Å². The topological polar surface area (TPSA) is 118 Å². The summed E-state index contributed by atoms with van der Waals surface area (Å²) in [5, 5.41) is 7.59. The first-order valence-electron chi connectivity index (χ1n) is 6.06. The van der Waals surface area contributed by atoms with Gasteiger partial charge in [-0.05, 0) is 26.2 Å². The molecule has 1 rings (SSSR count). The second-order valence-corrected chi connectivity index (χ2v) is 9.10. The van der Waals surface area contributed by atoms with E-state index in [1.807, 2.05) is 0 Å². The van der Waals surface area contributed by atoms with Gasteiger partial charge in [-0.2, -0.15) is 0 Å². The molecule has 0 amide bonds. The summed E-state index contributed by atoms with van der Waals surface area (Å²) in [5.41, 5.74) is 0. The van der Waals surface area contributed by atoms with Crippen LogP contribution in [0.3, 0.4) is 0 Å². The lowest BCUT2D eigenvalue weighted by atomic mass is 10.1. The molecule has 2 atom stereocenters. The maximum Gasteiger partial charge on any atom is 0.303 e. The van der Waals surface area contributed by atoms with Crippen LogP contribution in [0, 0.1) is 0 Å². The monoisotopic (exact) mass is 313 g/mol. The highest BCUT2D eigenvalue weighted by molar-refractivity contribution is 7.95. The second-order valence-electron chi connectivity index (χ2n) is 4.87. The summed E-state index contributed by atoms with van der Waals surface area (Å²) >= 11 is 0. The molecule has 0 saturated carbocycles. The highest BCUT2D eigenvalue weighted by Crippen LogP contribution is 2.18. The fourth-order valence-corrected chi connectivity index (χ4v) is 6.33. The van der Waals surface area contributed by atoms with Crippen molar-refractivity contribution in [1.82, 2.24) is 4.72 Å². The van der Waals surface area contributed by atoms with Crippen LogP contribution >= 0.6 is 0 Å². The van der Waals surface area contributed by atoms with E-state index >= 15 is 0 Å². The van der Waals surface area contributed by atoms with Gasteiger partial charge >= 0.3 is 5.97 Å². The number of nitrogens with one attached hydrogen (secondary N) is 1. The summed E-state index contributed by atoms with van der Waals surface area (Å²) < 4.78 is 48.8. The number of carboxylic acid groups (broad SMARTS) is 1. The third-order valence-corrected chi connectivity index (χ3v) is 7.01. The van der Waals surface area contributed by atoms with Gasteiger partial charge in [0, 0.05) is 12.5 Å². The van der Waals surface area contributed by atoms with Crippen LogP contribution in [0.25, 0.3) is 0 Å². The molecular weight excluding hydrogens is 294 g/mol. The van der Waals surface area contributed by atoms with Gasteiger partial charge in [-0.25, -0.2) is 21.6 Å². The Hall–Kier alpha value is -0.670. The van der Waals surface area contributed by atoms with E-state index in [4.69, 9.17) is 5.11 Å². The molecule has 0 bridgehead atoms. The maximum atomic E-state index is 11.9. The van der Waals surface area contributed by atoms with E-state index in [2.05, 4.69) is 4.72 Å². The molecule has 2 N–H and O–H groups in total. The SMILES string of the molecule is CC(CCCC(=O)O)NS(=O)(=O)C1CCS(=O)(=O)C1. The number of sulfonamides is 1. The van der Waals surface area contributed by atoms with E-state index in [-0.39, 0.29) is 24.3 Å². The van der Waals surface area contributed by atoms with Crippen LogP contribution in [-0.4, -0.2) is 50.7 Å². The molecule has 0 aromatic carbocycles. The van der Waals surface area contributed by atoms with E-state index < -0.39 is 37.1 Å². The van der Waals surface area contributed by atoms with Crippen molar-refractivity contribution in [3.05, 3.63) is 0 Å². The number of rotatable bonds is 7. The summed E-state index contributed by atoms with van der Waals surface area (Å²) in [6.45, 7) is 1.64. The lowest BCUT2D eigenvalue weighted by molar-refractivity contribution is -0.137. The largest absolute Gasteiger partial charge is 0.481 e. The Morgan fingerprint density at radius 1 is 1.47 bits per heavy atom. The van der Waals surface area contributed by atoms with Crippen molar-refractivity contribution in [3.8, 4) is 0 Å². The van der Waals surface area contributed by atoms with Crippen LogP contribution in [0.4, 0.5) is 0 Å². The lowest BCUT2D eigenvalue weighted by Gasteiger charge is -2.16. The molecule has 0 radical (unpaired) electrons. The summed E-state index contributed by atoms with van der Waals surface area (Å²) in [5.74, 6) is -1.34. The predicted octanol–water partition coefficient (Wildman–Crippen LogP) is -0.264. The maximum absolute atomic E-state index is 11.9. The molecule has 1 saturated heterocycles. The van der Waals surface area contributed by atoms with Gasteiger partial charge in [0.1, 0.15) is 0 Å². The smallest absolute Gasteiger partial charge is 0.303 e. The predicted molar refractivity (Wildman–Crippen MR) is 70.1 cm³/mol. The molecule has 9 heteroatoms. The number of hydrogen-bond donors (Lipinski definition) is 2. The zero-order valence-electron chi connectivity index (χ0n) is 10.7. The molecule has 7 nitrogen and oxygen atoms in total.